The molecular formula is C13H10ClFINOS. The van der Waals surface area contributed by atoms with Crippen LogP contribution in [0.3, 0.4) is 0 Å². The second-order valence-electron chi connectivity index (χ2n) is 4.00. The third kappa shape index (κ3) is 3.46. The molecule has 2 nitrogen and oxygen atoms in total. The Balaban J connectivity index is 2.17. The molecule has 2 rings (SSSR count). The highest BCUT2D eigenvalue weighted by molar-refractivity contribution is 14.1. The summed E-state index contributed by atoms with van der Waals surface area (Å²) in [5.74, 6) is -0.537. The van der Waals surface area contributed by atoms with Crippen LogP contribution >= 0.6 is 45.5 Å². The van der Waals surface area contributed by atoms with Gasteiger partial charge in [0.1, 0.15) is 5.82 Å². The van der Waals surface area contributed by atoms with Gasteiger partial charge < -0.3 is 4.90 Å². The number of benzene rings is 1. The van der Waals surface area contributed by atoms with E-state index < -0.39 is 5.82 Å². The molecule has 0 bridgehead atoms. The van der Waals surface area contributed by atoms with Gasteiger partial charge in [-0.25, -0.2) is 4.39 Å². The van der Waals surface area contributed by atoms with E-state index in [1.807, 2.05) is 6.07 Å². The van der Waals surface area contributed by atoms with Crippen LogP contribution in [0.15, 0.2) is 29.6 Å². The lowest BCUT2D eigenvalue weighted by Crippen LogP contribution is -2.26. The average Bonchev–Trinajstić information content (AvgIpc) is 2.79. The van der Waals surface area contributed by atoms with E-state index in [1.165, 1.54) is 22.3 Å². The van der Waals surface area contributed by atoms with Crippen molar-refractivity contribution in [2.75, 3.05) is 7.05 Å². The van der Waals surface area contributed by atoms with Crippen molar-refractivity contribution < 1.29 is 9.18 Å². The van der Waals surface area contributed by atoms with Crippen LogP contribution in [-0.4, -0.2) is 17.9 Å². The third-order valence-corrected chi connectivity index (χ3v) is 4.76. The highest BCUT2D eigenvalue weighted by atomic mass is 127. The number of amides is 1. The minimum absolute atomic E-state index is 0.140. The van der Waals surface area contributed by atoms with Gasteiger partial charge in [-0.05, 0) is 40.8 Å². The molecule has 100 valence electrons. The Bertz CT molecular complexity index is 596. The molecule has 0 spiro atoms. The molecule has 1 heterocycles. The predicted molar refractivity (Wildman–Crippen MR) is 84.2 cm³/mol. The molecule has 0 atom stereocenters. The molecule has 1 aromatic heterocycles. The van der Waals surface area contributed by atoms with Gasteiger partial charge in [-0.15, -0.1) is 11.3 Å². The smallest absolute Gasteiger partial charge is 0.254 e. The first kappa shape index (κ1) is 14.7. The van der Waals surface area contributed by atoms with Crippen LogP contribution in [0.5, 0.6) is 0 Å². The molecule has 0 radical (unpaired) electrons. The minimum Gasteiger partial charge on any atom is -0.337 e. The van der Waals surface area contributed by atoms with E-state index in [0.717, 1.165) is 2.88 Å². The Hall–Kier alpha value is -0.660. The first-order valence-corrected chi connectivity index (χ1v) is 7.75. The van der Waals surface area contributed by atoms with E-state index in [4.69, 9.17) is 11.6 Å². The van der Waals surface area contributed by atoms with E-state index in [2.05, 4.69) is 22.6 Å². The first-order valence-electron chi connectivity index (χ1n) is 5.41. The number of halogens is 3. The van der Waals surface area contributed by atoms with Crippen molar-refractivity contribution in [1.82, 2.24) is 4.90 Å². The van der Waals surface area contributed by atoms with Crippen molar-refractivity contribution in [3.8, 4) is 0 Å². The van der Waals surface area contributed by atoms with Crippen LogP contribution in [0, 0.1) is 8.70 Å². The summed E-state index contributed by atoms with van der Waals surface area (Å²) in [6.07, 6.45) is 0. The second-order valence-corrected chi connectivity index (χ2v) is 7.21. The summed E-state index contributed by atoms with van der Waals surface area (Å²) in [7, 11) is 1.63. The van der Waals surface area contributed by atoms with E-state index in [1.54, 1.807) is 24.6 Å². The Morgan fingerprint density at radius 2 is 2.26 bits per heavy atom. The Kier molecular flexibility index (Phi) is 4.81. The molecule has 0 unspecified atom stereocenters. The lowest BCUT2D eigenvalue weighted by Gasteiger charge is -2.17. The van der Waals surface area contributed by atoms with Crippen LogP contribution in [0.4, 0.5) is 4.39 Å². The quantitative estimate of drug-likeness (QED) is 0.687. The summed E-state index contributed by atoms with van der Waals surface area (Å²) in [5.41, 5.74) is 0.953. The second kappa shape index (κ2) is 6.19. The van der Waals surface area contributed by atoms with E-state index in [9.17, 15) is 9.18 Å². The molecule has 0 aliphatic carbocycles. The Labute approximate surface area is 133 Å². The normalized spacial score (nSPS) is 10.5. The zero-order valence-electron chi connectivity index (χ0n) is 9.99. The number of nitrogens with zero attached hydrogens (tertiary/aromatic N) is 1. The van der Waals surface area contributed by atoms with Gasteiger partial charge in [0.2, 0.25) is 0 Å². The van der Waals surface area contributed by atoms with Gasteiger partial charge in [0.05, 0.1) is 8.45 Å². The van der Waals surface area contributed by atoms with Gasteiger partial charge in [0.15, 0.2) is 0 Å². The van der Waals surface area contributed by atoms with E-state index in [-0.39, 0.29) is 12.5 Å². The molecule has 0 saturated carbocycles. The number of rotatable bonds is 3. The third-order valence-electron chi connectivity index (χ3n) is 2.62. The molecule has 1 amide bonds. The predicted octanol–water partition coefficient (Wildman–Crippen LogP) is 4.42. The maximum atomic E-state index is 13.7. The lowest BCUT2D eigenvalue weighted by atomic mass is 10.2. The molecular weight excluding hydrogens is 400 g/mol. The van der Waals surface area contributed by atoms with Crippen molar-refractivity contribution in [2.24, 2.45) is 0 Å². The fraction of sp³-hybridized carbons (Fsp3) is 0.154. The SMILES string of the molecule is CN(Cc1c(F)cccc1Cl)C(=O)c1csc(I)c1. The lowest BCUT2D eigenvalue weighted by molar-refractivity contribution is 0.0784. The van der Waals surface area contributed by atoms with Crippen molar-refractivity contribution in [1.29, 1.82) is 0 Å². The van der Waals surface area contributed by atoms with Gasteiger partial charge in [0, 0.05) is 29.6 Å². The number of hydrogen-bond donors (Lipinski definition) is 0. The Morgan fingerprint density at radius 3 is 2.84 bits per heavy atom. The first-order chi connectivity index (χ1) is 8.99. The largest absolute Gasteiger partial charge is 0.337 e. The number of thiophene rings is 1. The molecule has 0 fully saturated rings. The maximum absolute atomic E-state index is 13.7. The van der Waals surface area contributed by atoms with Crippen LogP contribution in [0.25, 0.3) is 0 Å². The molecule has 2 aromatic rings. The molecule has 1 aromatic carbocycles. The summed E-state index contributed by atoms with van der Waals surface area (Å²) in [5, 5.41) is 2.13. The van der Waals surface area contributed by atoms with Gasteiger partial charge in [-0.1, -0.05) is 17.7 Å². The zero-order chi connectivity index (χ0) is 14.0. The number of carbonyl (C=O) groups is 1. The minimum atomic E-state index is -0.396. The summed E-state index contributed by atoms with van der Waals surface area (Å²) in [6.45, 7) is 0.150. The molecule has 0 saturated heterocycles. The molecule has 6 heteroatoms. The summed E-state index contributed by atoms with van der Waals surface area (Å²) in [6, 6.07) is 6.32. The standard InChI is InChI=1S/C13H10ClFINOS/c1-17(13(18)8-5-12(16)19-7-8)6-9-10(14)3-2-4-11(9)15/h2-5,7H,6H2,1H3. The van der Waals surface area contributed by atoms with Crippen LogP contribution in [0.1, 0.15) is 15.9 Å². The average molecular weight is 410 g/mol. The highest BCUT2D eigenvalue weighted by Crippen LogP contribution is 2.22. The number of hydrogen-bond acceptors (Lipinski definition) is 2. The van der Waals surface area contributed by atoms with Gasteiger partial charge in [-0.3, -0.25) is 4.79 Å². The van der Waals surface area contributed by atoms with Gasteiger partial charge in [-0.2, -0.15) is 0 Å². The van der Waals surface area contributed by atoms with Crippen molar-refractivity contribution in [3.05, 3.63) is 54.5 Å². The zero-order valence-corrected chi connectivity index (χ0v) is 13.7. The molecule has 0 aliphatic heterocycles. The van der Waals surface area contributed by atoms with Gasteiger partial charge in [0.25, 0.3) is 5.91 Å². The van der Waals surface area contributed by atoms with Crippen molar-refractivity contribution in [3.63, 3.8) is 0 Å². The van der Waals surface area contributed by atoms with Crippen LogP contribution in [-0.2, 0) is 6.54 Å². The summed E-state index contributed by atoms with van der Waals surface area (Å²) >= 11 is 9.61. The van der Waals surface area contributed by atoms with Crippen LogP contribution in [0.2, 0.25) is 5.02 Å². The highest BCUT2D eigenvalue weighted by Gasteiger charge is 2.16. The van der Waals surface area contributed by atoms with Crippen molar-refractivity contribution >= 4 is 51.4 Å². The summed E-state index contributed by atoms with van der Waals surface area (Å²) < 4.78 is 14.7. The molecule has 0 N–H and O–H groups in total. The monoisotopic (exact) mass is 409 g/mol. The topological polar surface area (TPSA) is 20.3 Å². The van der Waals surface area contributed by atoms with Crippen LogP contribution < -0.4 is 0 Å². The van der Waals surface area contributed by atoms with E-state index >= 15 is 0 Å². The molecule has 0 aliphatic rings. The van der Waals surface area contributed by atoms with E-state index in [0.29, 0.717) is 16.1 Å². The summed E-state index contributed by atoms with van der Waals surface area (Å²) in [4.78, 5) is 13.6. The van der Waals surface area contributed by atoms with Crippen molar-refractivity contribution in [2.45, 2.75) is 6.54 Å². The van der Waals surface area contributed by atoms with Gasteiger partial charge >= 0.3 is 0 Å². The maximum Gasteiger partial charge on any atom is 0.254 e. The Morgan fingerprint density at radius 1 is 1.53 bits per heavy atom. The fourth-order valence-corrected chi connectivity index (χ4v) is 3.18. The number of carbonyl (C=O) groups excluding carboxylic acids is 1. The molecule has 19 heavy (non-hydrogen) atoms. The fourth-order valence-electron chi connectivity index (χ4n) is 1.63.